The first-order chi connectivity index (χ1) is 16.4. The lowest BCUT2D eigenvalue weighted by molar-refractivity contribution is 1.31. The number of fused-ring (bicyclic) bond motifs is 3. The van der Waals surface area contributed by atoms with Gasteiger partial charge in [-0.15, -0.1) is 0 Å². The fourth-order valence-corrected chi connectivity index (χ4v) is 4.90. The zero-order valence-electron chi connectivity index (χ0n) is 17.8. The van der Waals surface area contributed by atoms with Crippen LogP contribution < -0.4 is 0 Å². The summed E-state index contributed by atoms with van der Waals surface area (Å²) in [6.07, 6.45) is 1.83. The molecule has 0 fully saturated rings. The molecular formula is C30H19N3. The third kappa shape index (κ3) is 2.76. The monoisotopic (exact) mass is 421 g/mol. The van der Waals surface area contributed by atoms with E-state index < -0.39 is 0 Å². The van der Waals surface area contributed by atoms with Crippen LogP contribution in [0.1, 0.15) is 0 Å². The van der Waals surface area contributed by atoms with Crippen molar-refractivity contribution in [3.05, 3.63) is 115 Å². The van der Waals surface area contributed by atoms with Gasteiger partial charge in [-0.1, -0.05) is 72.8 Å². The molecule has 0 aliphatic carbocycles. The highest BCUT2D eigenvalue weighted by Gasteiger charge is 2.18. The molecule has 4 heterocycles. The molecule has 0 aliphatic rings. The topological polar surface area (TPSA) is 30.2 Å². The van der Waals surface area contributed by atoms with Crippen LogP contribution in [0.2, 0.25) is 0 Å². The van der Waals surface area contributed by atoms with Gasteiger partial charge in [-0.2, -0.15) is 0 Å². The van der Waals surface area contributed by atoms with Gasteiger partial charge in [0.05, 0.1) is 22.4 Å². The van der Waals surface area contributed by atoms with E-state index in [0.717, 1.165) is 28.2 Å². The summed E-state index contributed by atoms with van der Waals surface area (Å²) in [7, 11) is 0. The SMILES string of the molecule is c1ccc(-c2cccc(-c3cccc(-c4nc5cccc6c7ccccc7c4n56)c3)c2)nc1. The van der Waals surface area contributed by atoms with Crippen molar-refractivity contribution in [2.75, 3.05) is 0 Å². The van der Waals surface area contributed by atoms with Crippen molar-refractivity contribution in [1.82, 2.24) is 14.4 Å². The molecule has 0 spiro atoms. The zero-order chi connectivity index (χ0) is 21.8. The van der Waals surface area contributed by atoms with Crippen molar-refractivity contribution in [3.63, 3.8) is 0 Å². The van der Waals surface area contributed by atoms with Gasteiger partial charge in [0.2, 0.25) is 0 Å². The molecule has 0 amide bonds. The van der Waals surface area contributed by atoms with Gasteiger partial charge in [0, 0.05) is 28.1 Å². The first-order valence-corrected chi connectivity index (χ1v) is 11.1. The number of pyridine rings is 2. The van der Waals surface area contributed by atoms with Crippen molar-refractivity contribution in [2.24, 2.45) is 0 Å². The molecule has 3 aromatic carbocycles. The summed E-state index contributed by atoms with van der Waals surface area (Å²) in [6.45, 7) is 0. The van der Waals surface area contributed by atoms with E-state index >= 15 is 0 Å². The number of aromatic nitrogens is 3. The summed E-state index contributed by atoms with van der Waals surface area (Å²) in [5, 5.41) is 2.50. The zero-order valence-corrected chi connectivity index (χ0v) is 17.8. The standard InChI is InChI=1S/C30H19N3/c1-2-13-25-24(12-1)27-15-7-16-28-32-29(30(25)33(27)28)23-11-6-9-21(19-23)20-8-5-10-22(18-20)26-14-3-4-17-31-26/h1-19H. The maximum atomic E-state index is 5.05. The van der Waals surface area contributed by atoms with Crippen molar-refractivity contribution in [3.8, 4) is 33.6 Å². The molecular weight excluding hydrogens is 402 g/mol. The van der Waals surface area contributed by atoms with E-state index in [9.17, 15) is 0 Å². The van der Waals surface area contributed by atoms with Crippen LogP contribution in [0, 0.1) is 0 Å². The quantitative estimate of drug-likeness (QED) is 0.296. The molecule has 0 saturated carbocycles. The first kappa shape index (κ1) is 18.1. The Bertz CT molecular complexity index is 1760. The number of benzene rings is 3. The van der Waals surface area contributed by atoms with Gasteiger partial charge in [0.1, 0.15) is 5.65 Å². The van der Waals surface area contributed by atoms with Crippen molar-refractivity contribution >= 4 is 27.5 Å². The van der Waals surface area contributed by atoms with Crippen LogP contribution in [0.4, 0.5) is 0 Å². The summed E-state index contributed by atoms with van der Waals surface area (Å²) >= 11 is 0. The molecule has 0 radical (unpaired) electrons. The van der Waals surface area contributed by atoms with Crippen LogP contribution in [0.15, 0.2) is 115 Å². The van der Waals surface area contributed by atoms with E-state index in [2.05, 4.69) is 100 Å². The lowest BCUT2D eigenvalue weighted by Gasteiger charge is -2.07. The Morgan fingerprint density at radius 3 is 2.06 bits per heavy atom. The molecule has 154 valence electrons. The lowest BCUT2D eigenvalue weighted by Crippen LogP contribution is -1.85. The van der Waals surface area contributed by atoms with Crippen molar-refractivity contribution < 1.29 is 0 Å². The number of hydrogen-bond acceptors (Lipinski definition) is 2. The van der Waals surface area contributed by atoms with Gasteiger partial charge in [0.15, 0.2) is 0 Å². The van der Waals surface area contributed by atoms with Gasteiger partial charge in [-0.25, -0.2) is 4.98 Å². The van der Waals surface area contributed by atoms with Gasteiger partial charge in [-0.3, -0.25) is 9.38 Å². The number of nitrogens with zero attached hydrogens (tertiary/aromatic N) is 3. The Balaban J connectivity index is 1.42. The fraction of sp³-hybridized carbons (Fsp3) is 0. The third-order valence-electron chi connectivity index (χ3n) is 6.39. The third-order valence-corrected chi connectivity index (χ3v) is 6.39. The van der Waals surface area contributed by atoms with E-state index in [0.29, 0.717) is 0 Å². The highest BCUT2D eigenvalue weighted by Crippen LogP contribution is 2.38. The second-order valence-corrected chi connectivity index (χ2v) is 8.34. The van der Waals surface area contributed by atoms with Crippen LogP contribution in [0.25, 0.3) is 61.1 Å². The predicted octanol–water partition coefficient (Wildman–Crippen LogP) is 7.47. The summed E-state index contributed by atoms with van der Waals surface area (Å²) in [6, 6.07) is 38.2. The molecule has 0 saturated heterocycles. The number of imidazole rings is 1. The van der Waals surface area contributed by atoms with Crippen LogP contribution in [0.3, 0.4) is 0 Å². The van der Waals surface area contributed by atoms with Crippen molar-refractivity contribution in [1.29, 1.82) is 0 Å². The molecule has 0 unspecified atom stereocenters. The lowest BCUT2D eigenvalue weighted by atomic mass is 9.98. The summed E-state index contributed by atoms with van der Waals surface area (Å²) in [5.74, 6) is 0. The Morgan fingerprint density at radius 2 is 1.24 bits per heavy atom. The Kier molecular flexibility index (Phi) is 3.84. The average Bonchev–Trinajstić information content (AvgIpc) is 3.45. The molecule has 0 atom stereocenters. The Morgan fingerprint density at radius 1 is 0.545 bits per heavy atom. The molecule has 7 rings (SSSR count). The molecule has 0 bridgehead atoms. The normalized spacial score (nSPS) is 11.6. The average molecular weight is 422 g/mol. The van der Waals surface area contributed by atoms with E-state index in [1.807, 2.05) is 24.4 Å². The summed E-state index contributed by atoms with van der Waals surface area (Å²) in [5.41, 5.74) is 9.94. The van der Waals surface area contributed by atoms with Gasteiger partial charge in [-0.05, 0) is 47.5 Å². The first-order valence-electron chi connectivity index (χ1n) is 11.1. The minimum atomic E-state index is 0.980. The second-order valence-electron chi connectivity index (χ2n) is 8.34. The molecule has 0 N–H and O–H groups in total. The van der Waals surface area contributed by atoms with Gasteiger partial charge >= 0.3 is 0 Å². The van der Waals surface area contributed by atoms with Crippen molar-refractivity contribution in [2.45, 2.75) is 0 Å². The van der Waals surface area contributed by atoms with E-state index in [4.69, 9.17) is 4.98 Å². The van der Waals surface area contributed by atoms with E-state index in [1.54, 1.807) is 0 Å². The molecule has 0 aliphatic heterocycles. The van der Waals surface area contributed by atoms with Crippen LogP contribution in [-0.2, 0) is 0 Å². The van der Waals surface area contributed by atoms with Gasteiger partial charge < -0.3 is 0 Å². The largest absolute Gasteiger partial charge is 0.292 e. The minimum absolute atomic E-state index is 0.980. The van der Waals surface area contributed by atoms with Crippen LogP contribution >= 0.6 is 0 Å². The second kappa shape index (κ2) is 7.01. The van der Waals surface area contributed by atoms with Crippen LogP contribution in [0.5, 0.6) is 0 Å². The number of hydrogen-bond donors (Lipinski definition) is 0. The molecule has 33 heavy (non-hydrogen) atoms. The maximum Gasteiger partial charge on any atom is 0.138 e. The smallest absolute Gasteiger partial charge is 0.138 e. The van der Waals surface area contributed by atoms with Gasteiger partial charge in [0.25, 0.3) is 0 Å². The fourth-order valence-electron chi connectivity index (χ4n) is 4.90. The summed E-state index contributed by atoms with van der Waals surface area (Å²) in [4.78, 5) is 9.56. The highest BCUT2D eigenvalue weighted by atomic mass is 15.0. The Hall–Kier alpha value is -4.50. The van der Waals surface area contributed by atoms with E-state index in [1.165, 1.54) is 32.9 Å². The predicted molar refractivity (Wildman–Crippen MR) is 135 cm³/mol. The molecule has 7 aromatic rings. The molecule has 3 nitrogen and oxygen atoms in total. The number of rotatable bonds is 3. The maximum absolute atomic E-state index is 5.05. The molecule has 3 heteroatoms. The molecule has 4 aromatic heterocycles. The van der Waals surface area contributed by atoms with E-state index in [-0.39, 0.29) is 0 Å². The Labute approximate surface area is 191 Å². The summed E-state index contributed by atoms with van der Waals surface area (Å²) < 4.78 is 2.29. The minimum Gasteiger partial charge on any atom is -0.292 e. The highest BCUT2D eigenvalue weighted by molar-refractivity contribution is 6.13. The van der Waals surface area contributed by atoms with Crippen LogP contribution in [-0.4, -0.2) is 14.4 Å².